The first kappa shape index (κ1) is 19.1. The molecule has 2 amide bonds. The first-order valence-corrected chi connectivity index (χ1v) is 8.61. The van der Waals surface area contributed by atoms with Crippen LogP contribution in [0.25, 0.3) is 0 Å². The van der Waals surface area contributed by atoms with Gasteiger partial charge in [-0.05, 0) is 24.3 Å². The van der Waals surface area contributed by atoms with Gasteiger partial charge in [0.15, 0.2) is 11.6 Å². The van der Waals surface area contributed by atoms with Crippen LogP contribution in [0.4, 0.5) is 17.2 Å². The molecule has 1 saturated heterocycles. The van der Waals surface area contributed by atoms with Crippen molar-refractivity contribution < 1.29 is 19.6 Å². The summed E-state index contributed by atoms with van der Waals surface area (Å²) in [5.41, 5.74) is 0.266. The lowest BCUT2D eigenvalue weighted by Crippen LogP contribution is -2.48. The normalized spacial score (nSPS) is 13.9. The molecule has 1 aliphatic rings. The highest BCUT2D eigenvalue weighted by molar-refractivity contribution is 6.05. The zero-order valence-electron chi connectivity index (χ0n) is 15.2. The molecule has 0 atom stereocenters. The Morgan fingerprint density at radius 2 is 1.93 bits per heavy atom. The van der Waals surface area contributed by atoms with Crippen molar-refractivity contribution in [1.82, 2.24) is 9.88 Å². The van der Waals surface area contributed by atoms with Crippen molar-refractivity contribution >= 4 is 29.0 Å². The van der Waals surface area contributed by atoms with Crippen LogP contribution in [-0.2, 0) is 4.79 Å². The summed E-state index contributed by atoms with van der Waals surface area (Å²) in [7, 11) is 0. The summed E-state index contributed by atoms with van der Waals surface area (Å²) in [4.78, 5) is 42.2. The number of amides is 2. The lowest BCUT2D eigenvalue weighted by atomic mass is 10.1. The van der Waals surface area contributed by atoms with Crippen LogP contribution in [0.1, 0.15) is 17.3 Å². The number of carbonyl (C=O) groups excluding carboxylic acids is 2. The predicted octanol–water partition coefficient (Wildman–Crippen LogP) is 1.62. The fourth-order valence-corrected chi connectivity index (χ4v) is 3.01. The van der Waals surface area contributed by atoms with Crippen LogP contribution in [0.3, 0.4) is 0 Å². The van der Waals surface area contributed by atoms with E-state index in [9.17, 15) is 24.8 Å². The number of benzene rings is 1. The van der Waals surface area contributed by atoms with Crippen LogP contribution in [0, 0.1) is 10.1 Å². The maximum atomic E-state index is 12.4. The van der Waals surface area contributed by atoms with Gasteiger partial charge in [-0.15, -0.1) is 0 Å². The number of anilines is 2. The largest absolute Gasteiger partial charge is 0.504 e. The van der Waals surface area contributed by atoms with E-state index in [0.717, 1.165) is 0 Å². The summed E-state index contributed by atoms with van der Waals surface area (Å²) in [6.07, 6.45) is 1.40. The molecule has 3 rings (SSSR count). The Kier molecular flexibility index (Phi) is 5.39. The number of pyridine rings is 1. The molecule has 0 unspecified atom stereocenters. The Balaban J connectivity index is 1.81. The van der Waals surface area contributed by atoms with Gasteiger partial charge < -0.3 is 20.2 Å². The Bertz CT molecular complexity index is 924. The lowest BCUT2D eigenvalue weighted by molar-refractivity contribution is -0.384. The number of piperazine rings is 1. The van der Waals surface area contributed by atoms with Crippen LogP contribution in [0.15, 0.2) is 36.5 Å². The van der Waals surface area contributed by atoms with Crippen LogP contribution >= 0.6 is 0 Å². The third-order valence-electron chi connectivity index (χ3n) is 4.52. The minimum absolute atomic E-state index is 0.0282. The van der Waals surface area contributed by atoms with Gasteiger partial charge in [0, 0.05) is 50.9 Å². The topological polar surface area (TPSA) is 129 Å². The molecule has 2 heterocycles. The molecule has 0 radical (unpaired) electrons. The minimum Gasteiger partial charge on any atom is -0.504 e. The van der Waals surface area contributed by atoms with Crippen LogP contribution in [-0.4, -0.2) is 57.9 Å². The van der Waals surface area contributed by atoms with E-state index in [1.54, 1.807) is 4.90 Å². The standard InChI is InChI=1S/C18H19N5O5/c1-12(24)21-7-9-22(10-8-21)14-5-4-13(11-15(14)23(27)28)18(26)20-17-16(25)3-2-6-19-17/h2-6,11,25H,7-10H2,1H3,(H,19,20,26). The molecule has 0 bridgehead atoms. The zero-order valence-corrected chi connectivity index (χ0v) is 15.2. The number of aromatic hydroxyl groups is 1. The average Bonchev–Trinajstić information content (AvgIpc) is 2.69. The number of nitrogens with one attached hydrogen (secondary N) is 1. The number of rotatable bonds is 4. The van der Waals surface area contributed by atoms with E-state index in [2.05, 4.69) is 10.3 Å². The van der Waals surface area contributed by atoms with E-state index in [0.29, 0.717) is 31.9 Å². The van der Waals surface area contributed by atoms with Gasteiger partial charge in [-0.2, -0.15) is 0 Å². The van der Waals surface area contributed by atoms with Gasteiger partial charge in [0.1, 0.15) is 5.69 Å². The number of nitro benzene ring substituents is 1. The Hall–Kier alpha value is -3.69. The number of hydrogen-bond donors (Lipinski definition) is 2. The maximum Gasteiger partial charge on any atom is 0.293 e. The second kappa shape index (κ2) is 7.91. The van der Waals surface area contributed by atoms with Crippen molar-refractivity contribution in [2.24, 2.45) is 0 Å². The molecule has 0 aliphatic carbocycles. The van der Waals surface area contributed by atoms with Crippen molar-refractivity contribution in [1.29, 1.82) is 0 Å². The van der Waals surface area contributed by atoms with E-state index in [1.165, 1.54) is 43.5 Å². The lowest BCUT2D eigenvalue weighted by Gasteiger charge is -2.35. The Morgan fingerprint density at radius 1 is 1.21 bits per heavy atom. The van der Waals surface area contributed by atoms with Crippen molar-refractivity contribution in [3.8, 4) is 5.75 Å². The van der Waals surface area contributed by atoms with E-state index in [1.807, 2.05) is 4.90 Å². The fraction of sp³-hybridized carbons (Fsp3) is 0.278. The highest BCUT2D eigenvalue weighted by Crippen LogP contribution is 2.30. The average molecular weight is 385 g/mol. The van der Waals surface area contributed by atoms with E-state index in [-0.39, 0.29) is 28.7 Å². The molecule has 10 heteroatoms. The van der Waals surface area contributed by atoms with Gasteiger partial charge in [0.25, 0.3) is 11.6 Å². The van der Waals surface area contributed by atoms with Gasteiger partial charge in [-0.1, -0.05) is 0 Å². The zero-order chi connectivity index (χ0) is 20.3. The molecule has 1 aromatic carbocycles. The second-order valence-corrected chi connectivity index (χ2v) is 6.28. The number of hydrogen-bond acceptors (Lipinski definition) is 7. The second-order valence-electron chi connectivity index (χ2n) is 6.28. The van der Waals surface area contributed by atoms with Crippen molar-refractivity contribution in [2.45, 2.75) is 6.92 Å². The third-order valence-corrected chi connectivity index (χ3v) is 4.52. The molecule has 2 aromatic rings. The SMILES string of the molecule is CC(=O)N1CCN(c2ccc(C(=O)Nc3ncccc3O)cc2[N+](=O)[O-])CC1. The Labute approximate surface area is 160 Å². The summed E-state index contributed by atoms with van der Waals surface area (Å²) >= 11 is 0. The maximum absolute atomic E-state index is 12.4. The summed E-state index contributed by atoms with van der Waals surface area (Å²) < 4.78 is 0. The molecule has 10 nitrogen and oxygen atoms in total. The van der Waals surface area contributed by atoms with Crippen LogP contribution in [0.2, 0.25) is 0 Å². The molecular formula is C18H19N5O5. The minimum atomic E-state index is -0.620. The number of aromatic nitrogens is 1. The monoisotopic (exact) mass is 385 g/mol. The molecule has 1 fully saturated rings. The van der Waals surface area contributed by atoms with Crippen LogP contribution < -0.4 is 10.2 Å². The quantitative estimate of drug-likeness (QED) is 0.604. The predicted molar refractivity (Wildman–Crippen MR) is 101 cm³/mol. The summed E-state index contributed by atoms with van der Waals surface area (Å²) in [6, 6.07) is 7.08. The Morgan fingerprint density at radius 3 is 2.54 bits per heavy atom. The molecular weight excluding hydrogens is 366 g/mol. The third kappa shape index (κ3) is 4.00. The van der Waals surface area contributed by atoms with E-state index >= 15 is 0 Å². The first-order valence-electron chi connectivity index (χ1n) is 8.61. The van der Waals surface area contributed by atoms with Gasteiger partial charge in [-0.3, -0.25) is 19.7 Å². The summed E-state index contributed by atoms with van der Waals surface area (Å²) in [5, 5.41) is 23.7. The highest BCUT2D eigenvalue weighted by atomic mass is 16.6. The van der Waals surface area contributed by atoms with Gasteiger partial charge in [-0.25, -0.2) is 4.98 Å². The van der Waals surface area contributed by atoms with Crippen molar-refractivity contribution in [3.05, 3.63) is 52.2 Å². The molecule has 0 saturated carbocycles. The smallest absolute Gasteiger partial charge is 0.293 e. The van der Waals surface area contributed by atoms with E-state index in [4.69, 9.17) is 0 Å². The molecule has 1 aliphatic heterocycles. The number of carbonyl (C=O) groups is 2. The number of nitro groups is 1. The highest BCUT2D eigenvalue weighted by Gasteiger charge is 2.26. The van der Waals surface area contributed by atoms with Gasteiger partial charge >= 0.3 is 0 Å². The van der Waals surface area contributed by atoms with Crippen LogP contribution in [0.5, 0.6) is 5.75 Å². The molecule has 1 aromatic heterocycles. The first-order chi connectivity index (χ1) is 13.4. The molecule has 2 N–H and O–H groups in total. The van der Waals surface area contributed by atoms with Gasteiger partial charge in [0.2, 0.25) is 5.91 Å². The molecule has 146 valence electrons. The molecule has 0 spiro atoms. The molecule has 28 heavy (non-hydrogen) atoms. The van der Waals surface area contributed by atoms with E-state index < -0.39 is 10.8 Å². The fourth-order valence-electron chi connectivity index (χ4n) is 3.01. The number of nitrogens with zero attached hydrogens (tertiary/aromatic N) is 4. The summed E-state index contributed by atoms with van der Waals surface area (Å²) in [6.45, 7) is 3.38. The summed E-state index contributed by atoms with van der Waals surface area (Å²) in [5.74, 6) is -0.881. The van der Waals surface area contributed by atoms with Crippen molar-refractivity contribution in [2.75, 3.05) is 36.4 Å². The van der Waals surface area contributed by atoms with Gasteiger partial charge in [0.05, 0.1) is 4.92 Å². The van der Waals surface area contributed by atoms with Crippen molar-refractivity contribution in [3.63, 3.8) is 0 Å².